The molecule has 0 aliphatic carbocycles. The van der Waals surface area contributed by atoms with Gasteiger partial charge in [-0.3, -0.25) is 0 Å². The smallest absolute Gasteiger partial charge is 0.133 e. The van der Waals surface area contributed by atoms with Crippen LogP contribution in [0.15, 0.2) is 34.9 Å². The first-order chi connectivity index (χ1) is 9.33. The molecule has 0 spiro atoms. The predicted octanol–water partition coefficient (Wildman–Crippen LogP) is 4.94. The number of pyridine rings is 1. The van der Waals surface area contributed by atoms with Crippen molar-refractivity contribution in [1.29, 1.82) is 0 Å². The van der Waals surface area contributed by atoms with E-state index in [0.717, 1.165) is 16.8 Å². The molecule has 0 bridgehead atoms. The molecule has 0 aliphatic heterocycles. The molecular formula is C15H19BrN2S. The van der Waals surface area contributed by atoms with Crippen LogP contribution in [-0.4, -0.2) is 23.5 Å². The zero-order valence-corrected chi connectivity index (χ0v) is 13.6. The quantitative estimate of drug-likeness (QED) is 0.723. The van der Waals surface area contributed by atoms with Gasteiger partial charge in [-0.1, -0.05) is 34.5 Å². The number of halogens is 1. The van der Waals surface area contributed by atoms with Crippen LogP contribution in [0, 0.1) is 0 Å². The standard InChI is InChI=1S/C15H19BrN2S/c1-19-11-4-2-3-9-17-15-13-6-5-7-14(16)12(13)8-10-18-15/h5-8,10H,2-4,9,11H2,1H3,(H,17,18). The molecule has 2 nitrogen and oxygen atoms in total. The molecule has 0 saturated heterocycles. The summed E-state index contributed by atoms with van der Waals surface area (Å²) in [4.78, 5) is 4.45. The summed E-state index contributed by atoms with van der Waals surface area (Å²) in [5, 5.41) is 5.85. The summed E-state index contributed by atoms with van der Waals surface area (Å²) in [5.74, 6) is 2.25. The highest BCUT2D eigenvalue weighted by Gasteiger charge is 2.03. The molecule has 0 aliphatic rings. The van der Waals surface area contributed by atoms with Crippen LogP contribution in [0.25, 0.3) is 10.8 Å². The Labute approximate surface area is 127 Å². The lowest BCUT2D eigenvalue weighted by Crippen LogP contribution is -2.04. The van der Waals surface area contributed by atoms with E-state index in [-0.39, 0.29) is 0 Å². The van der Waals surface area contributed by atoms with E-state index >= 15 is 0 Å². The monoisotopic (exact) mass is 338 g/mol. The summed E-state index contributed by atoms with van der Waals surface area (Å²) in [6.07, 6.45) is 7.81. The van der Waals surface area contributed by atoms with E-state index in [0.29, 0.717) is 0 Å². The van der Waals surface area contributed by atoms with Gasteiger partial charge in [-0.25, -0.2) is 4.98 Å². The lowest BCUT2D eigenvalue weighted by Gasteiger charge is -2.09. The number of thioether (sulfide) groups is 1. The van der Waals surface area contributed by atoms with Crippen LogP contribution in [-0.2, 0) is 0 Å². The highest BCUT2D eigenvalue weighted by Crippen LogP contribution is 2.27. The topological polar surface area (TPSA) is 24.9 Å². The molecular weight excluding hydrogens is 320 g/mol. The van der Waals surface area contributed by atoms with Gasteiger partial charge in [0.1, 0.15) is 5.82 Å². The molecule has 0 amide bonds. The second-order valence-electron chi connectivity index (χ2n) is 4.47. The minimum atomic E-state index is 0.990. The third-order valence-corrected chi connectivity index (χ3v) is 4.46. The van der Waals surface area contributed by atoms with E-state index in [1.165, 1.54) is 35.8 Å². The maximum Gasteiger partial charge on any atom is 0.133 e. The normalized spacial score (nSPS) is 10.8. The molecule has 1 aromatic heterocycles. The van der Waals surface area contributed by atoms with Crippen LogP contribution in [0.4, 0.5) is 5.82 Å². The van der Waals surface area contributed by atoms with E-state index in [1.807, 2.05) is 24.0 Å². The second-order valence-corrected chi connectivity index (χ2v) is 6.31. The van der Waals surface area contributed by atoms with Gasteiger partial charge in [-0.15, -0.1) is 0 Å². The molecule has 0 fully saturated rings. The van der Waals surface area contributed by atoms with Crippen molar-refractivity contribution in [2.75, 3.05) is 23.9 Å². The summed E-state index contributed by atoms with van der Waals surface area (Å²) < 4.78 is 1.12. The Balaban J connectivity index is 1.95. The fraction of sp³-hybridized carbons (Fsp3) is 0.400. The van der Waals surface area contributed by atoms with Gasteiger partial charge in [-0.05, 0) is 37.0 Å². The number of hydrogen-bond donors (Lipinski definition) is 1. The van der Waals surface area contributed by atoms with Gasteiger partial charge in [0.2, 0.25) is 0 Å². The molecule has 0 atom stereocenters. The van der Waals surface area contributed by atoms with Crippen molar-refractivity contribution < 1.29 is 0 Å². The average Bonchev–Trinajstić information content (AvgIpc) is 2.43. The van der Waals surface area contributed by atoms with Gasteiger partial charge in [0.05, 0.1) is 0 Å². The Kier molecular flexibility index (Phi) is 5.98. The minimum absolute atomic E-state index is 0.990. The number of benzene rings is 1. The first-order valence-electron chi connectivity index (χ1n) is 6.59. The number of aromatic nitrogens is 1. The lowest BCUT2D eigenvalue weighted by molar-refractivity contribution is 0.749. The van der Waals surface area contributed by atoms with E-state index in [4.69, 9.17) is 0 Å². The number of nitrogens with zero attached hydrogens (tertiary/aromatic N) is 1. The molecule has 19 heavy (non-hydrogen) atoms. The predicted molar refractivity (Wildman–Crippen MR) is 90.2 cm³/mol. The first-order valence-corrected chi connectivity index (χ1v) is 8.77. The largest absolute Gasteiger partial charge is 0.370 e. The van der Waals surface area contributed by atoms with Gasteiger partial charge < -0.3 is 5.32 Å². The molecule has 1 N–H and O–H groups in total. The highest BCUT2D eigenvalue weighted by molar-refractivity contribution is 9.10. The molecule has 1 heterocycles. The fourth-order valence-electron chi connectivity index (χ4n) is 2.06. The van der Waals surface area contributed by atoms with Crippen molar-refractivity contribution in [3.05, 3.63) is 34.9 Å². The van der Waals surface area contributed by atoms with Crippen molar-refractivity contribution >= 4 is 44.3 Å². The molecule has 102 valence electrons. The van der Waals surface area contributed by atoms with Crippen LogP contribution in [0.2, 0.25) is 0 Å². The van der Waals surface area contributed by atoms with Crippen LogP contribution < -0.4 is 5.32 Å². The Hall–Kier alpha value is -0.740. The van der Waals surface area contributed by atoms with Crippen molar-refractivity contribution in [2.45, 2.75) is 19.3 Å². The summed E-state index contributed by atoms with van der Waals surface area (Å²) >= 11 is 5.50. The van der Waals surface area contributed by atoms with Gasteiger partial charge in [-0.2, -0.15) is 11.8 Å². The van der Waals surface area contributed by atoms with Crippen LogP contribution in [0.1, 0.15) is 19.3 Å². The highest BCUT2D eigenvalue weighted by atomic mass is 79.9. The Morgan fingerprint density at radius 2 is 2.05 bits per heavy atom. The van der Waals surface area contributed by atoms with E-state index in [9.17, 15) is 0 Å². The number of rotatable bonds is 7. The summed E-state index contributed by atoms with van der Waals surface area (Å²) in [5.41, 5.74) is 0. The summed E-state index contributed by atoms with van der Waals surface area (Å²) in [6.45, 7) is 0.993. The molecule has 4 heteroatoms. The van der Waals surface area contributed by atoms with Crippen molar-refractivity contribution in [2.24, 2.45) is 0 Å². The first kappa shape index (κ1) is 14.7. The molecule has 0 radical (unpaired) electrons. The van der Waals surface area contributed by atoms with E-state index < -0.39 is 0 Å². The number of unbranched alkanes of at least 4 members (excludes halogenated alkanes) is 2. The van der Waals surface area contributed by atoms with E-state index in [2.05, 4.69) is 50.7 Å². The maximum absolute atomic E-state index is 4.45. The van der Waals surface area contributed by atoms with Crippen LogP contribution in [0.3, 0.4) is 0 Å². The van der Waals surface area contributed by atoms with Crippen molar-refractivity contribution in [3.8, 4) is 0 Å². The summed E-state index contributed by atoms with van der Waals surface area (Å²) in [7, 11) is 0. The Morgan fingerprint density at radius 1 is 1.16 bits per heavy atom. The van der Waals surface area contributed by atoms with Gasteiger partial charge in [0.15, 0.2) is 0 Å². The SMILES string of the molecule is CSCCCCCNc1nccc2c(Br)cccc12. The molecule has 2 rings (SSSR count). The number of hydrogen-bond acceptors (Lipinski definition) is 3. The summed E-state index contributed by atoms with van der Waals surface area (Å²) in [6, 6.07) is 8.28. The van der Waals surface area contributed by atoms with Crippen molar-refractivity contribution in [3.63, 3.8) is 0 Å². The lowest BCUT2D eigenvalue weighted by atomic mass is 10.1. The van der Waals surface area contributed by atoms with Gasteiger partial charge in [0.25, 0.3) is 0 Å². The average molecular weight is 339 g/mol. The third kappa shape index (κ3) is 4.11. The van der Waals surface area contributed by atoms with E-state index in [1.54, 1.807) is 0 Å². The Morgan fingerprint density at radius 3 is 2.89 bits per heavy atom. The number of nitrogens with one attached hydrogen (secondary N) is 1. The zero-order chi connectivity index (χ0) is 13.5. The third-order valence-electron chi connectivity index (χ3n) is 3.07. The minimum Gasteiger partial charge on any atom is -0.370 e. The maximum atomic E-state index is 4.45. The second kappa shape index (κ2) is 7.75. The zero-order valence-electron chi connectivity index (χ0n) is 11.2. The van der Waals surface area contributed by atoms with Crippen LogP contribution in [0.5, 0.6) is 0 Å². The molecule has 1 aromatic carbocycles. The van der Waals surface area contributed by atoms with Crippen LogP contribution >= 0.6 is 27.7 Å². The number of fused-ring (bicyclic) bond motifs is 1. The molecule has 0 unspecified atom stereocenters. The number of anilines is 1. The van der Waals surface area contributed by atoms with Gasteiger partial charge in [0, 0.05) is 28.0 Å². The Bertz CT molecular complexity index is 531. The fourth-order valence-corrected chi connectivity index (χ4v) is 3.06. The molecule has 0 saturated carbocycles. The van der Waals surface area contributed by atoms with Crippen molar-refractivity contribution in [1.82, 2.24) is 4.98 Å². The van der Waals surface area contributed by atoms with Gasteiger partial charge >= 0.3 is 0 Å². The molecule has 2 aromatic rings.